The van der Waals surface area contributed by atoms with Gasteiger partial charge in [-0.3, -0.25) is 9.48 Å². The topological polar surface area (TPSA) is 64.7 Å². The number of halogens is 1. The number of nitrogens with one attached hydrogen (secondary N) is 1. The molecular weight excluding hydrogens is 230 g/mol. The van der Waals surface area contributed by atoms with E-state index in [0.717, 1.165) is 5.69 Å². The molecule has 1 N–H and O–H groups in total. The molecule has 2 rings (SSSR count). The lowest BCUT2D eigenvalue weighted by atomic mass is 10.4. The first kappa shape index (κ1) is 10.7. The minimum absolute atomic E-state index is 0.112. The Morgan fingerprint density at radius 2 is 2.06 bits per heavy atom. The molecule has 0 bridgehead atoms. The molecule has 0 aliphatic carbocycles. The molecule has 2 heterocycles. The fourth-order valence-electron chi connectivity index (χ4n) is 1.24. The molecule has 84 valence electrons. The minimum Gasteiger partial charge on any atom is -0.350 e. The van der Waals surface area contributed by atoms with Crippen LogP contribution >= 0.6 is 11.6 Å². The van der Waals surface area contributed by atoms with Crippen molar-refractivity contribution < 1.29 is 0 Å². The molecule has 0 saturated carbocycles. The van der Waals surface area contributed by atoms with Crippen LogP contribution in [0, 0.1) is 0 Å². The summed E-state index contributed by atoms with van der Waals surface area (Å²) in [7, 11) is 3.34. The van der Waals surface area contributed by atoms with Gasteiger partial charge in [0.2, 0.25) is 0 Å². The first-order chi connectivity index (χ1) is 7.58. The molecule has 0 atom stereocenters. The van der Waals surface area contributed by atoms with E-state index in [1.807, 2.05) is 0 Å². The maximum Gasteiger partial charge on any atom is 0.287 e. The summed E-state index contributed by atoms with van der Waals surface area (Å²) in [6.07, 6.45) is 4.90. The van der Waals surface area contributed by atoms with Crippen LogP contribution in [0.3, 0.4) is 0 Å². The van der Waals surface area contributed by atoms with Crippen LogP contribution in [0.15, 0.2) is 23.4 Å². The van der Waals surface area contributed by atoms with Gasteiger partial charge in [-0.1, -0.05) is 11.6 Å². The quantitative estimate of drug-likeness (QED) is 0.846. The van der Waals surface area contributed by atoms with Gasteiger partial charge in [-0.05, 0) is 0 Å². The van der Waals surface area contributed by atoms with E-state index in [4.69, 9.17) is 11.6 Å². The van der Waals surface area contributed by atoms with Gasteiger partial charge in [-0.2, -0.15) is 10.2 Å². The van der Waals surface area contributed by atoms with Gasteiger partial charge in [0, 0.05) is 20.3 Å². The molecule has 0 aromatic carbocycles. The van der Waals surface area contributed by atoms with Crippen LogP contribution < -0.4 is 10.9 Å². The Hall–Kier alpha value is -1.82. The summed E-state index contributed by atoms with van der Waals surface area (Å²) in [6, 6.07) is 0. The monoisotopic (exact) mass is 239 g/mol. The Labute approximate surface area is 96.5 Å². The molecule has 2 aromatic heterocycles. The summed E-state index contributed by atoms with van der Waals surface area (Å²) in [5.41, 5.74) is 0.882. The Bertz CT molecular complexity index is 574. The molecule has 0 amide bonds. The lowest BCUT2D eigenvalue weighted by Crippen LogP contribution is -2.20. The average Bonchev–Trinajstić information content (AvgIpc) is 2.65. The molecule has 16 heavy (non-hydrogen) atoms. The summed E-state index contributed by atoms with van der Waals surface area (Å²) < 4.78 is 2.82. The molecule has 6 nitrogen and oxygen atoms in total. The van der Waals surface area contributed by atoms with Gasteiger partial charge in [0.15, 0.2) is 0 Å². The maximum atomic E-state index is 11.5. The lowest BCUT2D eigenvalue weighted by molar-refractivity contribution is 0.709. The second-order valence-electron chi connectivity index (χ2n) is 3.33. The fourth-order valence-corrected chi connectivity index (χ4v) is 1.46. The van der Waals surface area contributed by atoms with Crippen molar-refractivity contribution in [2.45, 2.75) is 0 Å². The number of hydrogen-bond acceptors (Lipinski definition) is 4. The highest BCUT2D eigenvalue weighted by Crippen LogP contribution is 2.20. The van der Waals surface area contributed by atoms with E-state index >= 15 is 0 Å². The Morgan fingerprint density at radius 1 is 1.31 bits per heavy atom. The van der Waals surface area contributed by atoms with Crippen molar-refractivity contribution in [1.82, 2.24) is 19.6 Å². The smallest absolute Gasteiger partial charge is 0.287 e. The molecule has 0 unspecified atom stereocenters. The van der Waals surface area contributed by atoms with Gasteiger partial charge in [0.1, 0.15) is 5.02 Å². The Morgan fingerprint density at radius 3 is 2.69 bits per heavy atom. The molecule has 0 spiro atoms. The Kier molecular flexibility index (Phi) is 2.66. The highest BCUT2D eigenvalue weighted by atomic mass is 35.5. The van der Waals surface area contributed by atoms with E-state index in [0.29, 0.717) is 5.69 Å². The average molecular weight is 240 g/mol. The van der Waals surface area contributed by atoms with Crippen LogP contribution in [0.4, 0.5) is 11.4 Å². The summed E-state index contributed by atoms with van der Waals surface area (Å²) in [6.45, 7) is 0. The first-order valence-electron chi connectivity index (χ1n) is 4.55. The van der Waals surface area contributed by atoms with Gasteiger partial charge in [-0.25, -0.2) is 4.68 Å². The normalized spacial score (nSPS) is 10.4. The number of anilines is 2. The number of aromatic nitrogens is 4. The lowest BCUT2D eigenvalue weighted by Gasteiger charge is -2.05. The van der Waals surface area contributed by atoms with Crippen LogP contribution in [0.25, 0.3) is 0 Å². The predicted molar refractivity (Wildman–Crippen MR) is 61.0 cm³/mol. The third-order valence-electron chi connectivity index (χ3n) is 2.06. The van der Waals surface area contributed by atoms with Crippen molar-refractivity contribution in [3.8, 4) is 0 Å². The fraction of sp³-hybridized carbons (Fsp3) is 0.222. The molecule has 7 heteroatoms. The van der Waals surface area contributed by atoms with Crippen LogP contribution in [0.5, 0.6) is 0 Å². The molecular formula is C9H10ClN5O. The van der Waals surface area contributed by atoms with Gasteiger partial charge < -0.3 is 5.32 Å². The van der Waals surface area contributed by atoms with E-state index in [9.17, 15) is 4.79 Å². The zero-order valence-electron chi connectivity index (χ0n) is 8.81. The van der Waals surface area contributed by atoms with Crippen LogP contribution in [-0.2, 0) is 14.1 Å². The van der Waals surface area contributed by atoms with Crippen molar-refractivity contribution in [2.75, 3.05) is 5.32 Å². The second-order valence-corrected chi connectivity index (χ2v) is 3.71. The van der Waals surface area contributed by atoms with E-state index < -0.39 is 0 Å². The molecule has 0 saturated heterocycles. The van der Waals surface area contributed by atoms with Gasteiger partial charge >= 0.3 is 0 Å². The van der Waals surface area contributed by atoms with E-state index in [1.54, 1.807) is 31.2 Å². The molecule has 0 aliphatic rings. The van der Waals surface area contributed by atoms with Crippen LogP contribution in [0.2, 0.25) is 5.02 Å². The summed E-state index contributed by atoms with van der Waals surface area (Å²) in [5.74, 6) is 0. The number of rotatable bonds is 2. The molecule has 0 radical (unpaired) electrons. The largest absolute Gasteiger partial charge is 0.350 e. The molecule has 0 aliphatic heterocycles. The van der Waals surface area contributed by atoms with E-state index in [-0.39, 0.29) is 10.6 Å². The predicted octanol–water partition coefficient (Wildman–Crippen LogP) is 0.911. The summed E-state index contributed by atoms with van der Waals surface area (Å²) >= 11 is 5.89. The minimum atomic E-state index is -0.337. The highest BCUT2D eigenvalue weighted by molar-refractivity contribution is 6.33. The number of hydrogen-bond donors (Lipinski definition) is 1. The van der Waals surface area contributed by atoms with Crippen molar-refractivity contribution in [3.63, 3.8) is 0 Å². The first-order valence-corrected chi connectivity index (χ1v) is 4.93. The third kappa shape index (κ3) is 1.92. The standard InChI is InChI=1S/C9H10ClN5O/c1-14-5-6(3-11-14)13-7-4-12-15(2)9(16)8(7)10/h3-5,13H,1-2H3. The summed E-state index contributed by atoms with van der Waals surface area (Å²) in [5, 5.41) is 10.9. The van der Waals surface area contributed by atoms with Gasteiger partial charge in [-0.15, -0.1) is 0 Å². The van der Waals surface area contributed by atoms with Gasteiger partial charge in [0.05, 0.1) is 23.8 Å². The SMILES string of the molecule is Cn1cc(Nc2cnn(C)c(=O)c2Cl)cn1. The second kappa shape index (κ2) is 3.97. The van der Waals surface area contributed by atoms with Crippen molar-refractivity contribution >= 4 is 23.0 Å². The van der Waals surface area contributed by atoms with Crippen molar-refractivity contribution in [2.24, 2.45) is 14.1 Å². The van der Waals surface area contributed by atoms with Crippen molar-refractivity contribution in [1.29, 1.82) is 0 Å². The highest BCUT2D eigenvalue weighted by Gasteiger charge is 2.07. The maximum absolute atomic E-state index is 11.5. The summed E-state index contributed by atoms with van der Waals surface area (Å²) in [4.78, 5) is 11.5. The van der Waals surface area contributed by atoms with Crippen molar-refractivity contribution in [3.05, 3.63) is 34.0 Å². The Balaban J connectivity index is 2.36. The van der Waals surface area contributed by atoms with Gasteiger partial charge in [0.25, 0.3) is 5.56 Å². The van der Waals surface area contributed by atoms with Crippen LogP contribution in [-0.4, -0.2) is 19.6 Å². The zero-order chi connectivity index (χ0) is 11.7. The number of nitrogens with zero attached hydrogens (tertiary/aromatic N) is 4. The van der Waals surface area contributed by atoms with Crippen LogP contribution in [0.1, 0.15) is 0 Å². The zero-order valence-corrected chi connectivity index (χ0v) is 9.56. The third-order valence-corrected chi connectivity index (χ3v) is 2.43. The van der Waals surface area contributed by atoms with E-state index in [2.05, 4.69) is 15.5 Å². The molecule has 0 fully saturated rings. The molecule has 2 aromatic rings. The number of aryl methyl sites for hydroxylation is 2. The van der Waals surface area contributed by atoms with E-state index in [1.165, 1.54) is 10.9 Å².